The molecule has 1 aromatic carbocycles. The van der Waals surface area contributed by atoms with Crippen LogP contribution in [0.25, 0.3) is 0 Å². The van der Waals surface area contributed by atoms with Crippen LogP contribution in [0.5, 0.6) is 0 Å². The van der Waals surface area contributed by atoms with E-state index in [0.717, 1.165) is 25.7 Å². The second-order valence-electron chi connectivity index (χ2n) is 4.77. The maximum atomic E-state index is 12.4. The average molecular weight is 422 g/mol. The van der Waals surface area contributed by atoms with Crippen molar-refractivity contribution in [2.45, 2.75) is 42.0 Å². The van der Waals surface area contributed by atoms with Gasteiger partial charge in [0.15, 0.2) is 0 Å². The SMILES string of the molecule is O=S(=O)(NC1CCC(Cl)CC1)c1c(Cl)cc(Br)cc1Cl. The number of rotatable bonds is 3. The zero-order valence-electron chi connectivity index (χ0n) is 10.4. The number of benzene rings is 1. The molecule has 0 bridgehead atoms. The van der Waals surface area contributed by atoms with E-state index in [-0.39, 0.29) is 26.4 Å². The maximum Gasteiger partial charge on any atom is 0.243 e. The standard InChI is InChI=1S/C12H13BrCl3NO2S/c13-7-5-10(15)12(11(16)6-7)20(18,19)17-9-3-1-8(14)2-4-9/h5-6,8-9,17H,1-4H2. The molecule has 0 radical (unpaired) electrons. The highest BCUT2D eigenvalue weighted by Gasteiger charge is 2.28. The van der Waals surface area contributed by atoms with E-state index in [1.54, 1.807) is 0 Å². The third kappa shape index (κ3) is 4.02. The van der Waals surface area contributed by atoms with Crippen LogP contribution in [0.15, 0.2) is 21.5 Å². The molecular weight excluding hydrogens is 408 g/mol. The van der Waals surface area contributed by atoms with E-state index in [2.05, 4.69) is 20.7 Å². The molecule has 0 unspecified atom stereocenters. The van der Waals surface area contributed by atoms with Crippen LogP contribution in [0.3, 0.4) is 0 Å². The van der Waals surface area contributed by atoms with Gasteiger partial charge in [-0.3, -0.25) is 0 Å². The molecule has 3 nitrogen and oxygen atoms in total. The first-order chi connectivity index (χ1) is 9.29. The van der Waals surface area contributed by atoms with Gasteiger partial charge in [0.2, 0.25) is 10.0 Å². The van der Waals surface area contributed by atoms with E-state index in [0.29, 0.717) is 4.47 Å². The van der Waals surface area contributed by atoms with Crippen LogP contribution in [-0.4, -0.2) is 19.8 Å². The minimum atomic E-state index is -3.73. The molecule has 0 atom stereocenters. The number of halogens is 4. The Morgan fingerprint density at radius 1 is 1.10 bits per heavy atom. The topological polar surface area (TPSA) is 46.2 Å². The summed E-state index contributed by atoms with van der Waals surface area (Å²) in [5, 5.41) is 0.335. The smallest absolute Gasteiger partial charge is 0.208 e. The fourth-order valence-corrected chi connectivity index (χ4v) is 5.73. The molecular formula is C12H13BrCl3NO2S. The van der Waals surface area contributed by atoms with Gasteiger partial charge in [-0.1, -0.05) is 39.1 Å². The number of nitrogens with one attached hydrogen (secondary N) is 1. The summed E-state index contributed by atoms with van der Waals surface area (Å²) in [6.45, 7) is 0. The molecule has 1 fully saturated rings. The molecule has 1 aliphatic carbocycles. The molecule has 0 spiro atoms. The monoisotopic (exact) mass is 419 g/mol. The maximum absolute atomic E-state index is 12.4. The normalized spacial score (nSPS) is 23.8. The Bertz CT molecular complexity index is 578. The first-order valence-electron chi connectivity index (χ1n) is 6.10. The number of hydrogen-bond acceptors (Lipinski definition) is 2. The Kier molecular flexibility index (Phi) is 5.65. The highest BCUT2D eigenvalue weighted by Crippen LogP contribution is 2.33. The van der Waals surface area contributed by atoms with Crippen molar-refractivity contribution in [2.24, 2.45) is 0 Å². The molecule has 1 aliphatic rings. The lowest BCUT2D eigenvalue weighted by atomic mass is 9.96. The fourth-order valence-electron chi connectivity index (χ4n) is 2.23. The van der Waals surface area contributed by atoms with Crippen molar-refractivity contribution < 1.29 is 8.42 Å². The van der Waals surface area contributed by atoms with Crippen LogP contribution in [0, 0.1) is 0 Å². The lowest BCUT2D eigenvalue weighted by Crippen LogP contribution is -2.38. The quantitative estimate of drug-likeness (QED) is 0.726. The van der Waals surface area contributed by atoms with Gasteiger partial charge >= 0.3 is 0 Å². The molecule has 2 rings (SSSR count). The summed E-state index contributed by atoms with van der Waals surface area (Å²) < 4.78 is 28.1. The van der Waals surface area contributed by atoms with E-state index in [1.807, 2.05) is 0 Å². The largest absolute Gasteiger partial charge is 0.243 e. The van der Waals surface area contributed by atoms with Gasteiger partial charge in [0.05, 0.1) is 10.0 Å². The molecule has 0 amide bonds. The van der Waals surface area contributed by atoms with Gasteiger partial charge in [0, 0.05) is 15.9 Å². The first kappa shape index (κ1) is 16.8. The van der Waals surface area contributed by atoms with Gasteiger partial charge in [0.25, 0.3) is 0 Å². The lowest BCUT2D eigenvalue weighted by Gasteiger charge is -2.26. The van der Waals surface area contributed by atoms with Crippen LogP contribution in [-0.2, 0) is 10.0 Å². The molecule has 20 heavy (non-hydrogen) atoms. The van der Waals surface area contributed by atoms with Crippen LogP contribution in [0.1, 0.15) is 25.7 Å². The Morgan fingerprint density at radius 3 is 2.10 bits per heavy atom. The second kappa shape index (κ2) is 6.71. The van der Waals surface area contributed by atoms with Crippen molar-refractivity contribution in [3.05, 3.63) is 26.7 Å². The zero-order valence-corrected chi connectivity index (χ0v) is 15.0. The molecule has 1 saturated carbocycles. The van der Waals surface area contributed by atoms with Gasteiger partial charge in [0.1, 0.15) is 4.90 Å². The Labute approximate surface area is 142 Å². The Hall–Kier alpha value is 0.480. The van der Waals surface area contributed by atoms with Crippen LogP contribution in [0.4, 0.5) is 0 Å². The molecule has 0 saturated heterocycles. The highest BCUT2D eigenvalue weighted by molar-refractivity contribution is 9.10. The predicted octanol–water partition coefficient (Wildman–Crippen LogP) is 4.58. The highest BCUT2D eigenvalue weighted by atomic mass is 79.9. The summed E-state index contributed by atoms with van der Waals surface area (Å²) in [5.41, 5.74) is 0. The number of sulfonamides is 1. The zero-order chi connectivity index (χ0) is 14.9. The van der Waals surface area contributed by atoms with Crippen LogP contribution < -0.4 is 4.72 Å². The summed E-state index contributed by atoms with van der Waals surface area (Å²) in [4.78, 5) is -0.0722. The predicted molar refractivity (Wildman–Crippen MR) is 86.4 cm³/mol. The summed E-state index contributed by atoms with van der Waals surface area (Å²) in [6.07, 6.45) is 3.05. The van der Waals surface area contributed by atoms with Crippen molar-refractivity contribution in [3.63, 3.8) is 0 Å². The molecule has 0 aliphatic heterocycles. The van der Waals surface area contributed by atoms with Crippen molar-refractivity contribution in [1.82, 2.24) is 4.72 Å². The van der Waals surface area contributed by atoms with Crippen molar-refractivity contribution in [1.29, 1.82) is 0 Å². The molecule has 0 aromatic heterocycles. The van der Waals surface area contributed by atoms with E-state index in [9.17, 15) is 8.42 Å². The van der Waals surface area contributed by atoms with E-state index in [1.165, 1.54) is 12.1 Å². The molecule has 0 heterocycles. The summed E-state index contributed by atoms with van der Waals surface area (Å²) >= 11 is 21.2. The number of alkyl halides is 1. The average Bonchev–Trinajstić information content (AvgIpc) is 2.30. The first-order valence-corrected chi connectivity index (χ1v) is 9.57. The van der Waals surface area contributed by atoms with Crippen LogP contribution >= 0.6 is 50.7 Å². The van der Waals surface area contributed by atoms with Crippen LogP contribution in [0.2, 0.25) is 10.0 Å². The summed E-state index contributed by atoms with van der Waals surface area (Å²) in [7, 11) is -3.73. The molecule has 1 N–H and O–H groups in total. The van der Waals surface area contributed by atoms with E-state index >= 15 is 0 Å². The second-order valence-corrected chi connectivity index (χ2v) is 8.77. The van der Waals surface area contributed by atoms with Crippen molar-refractivity contribution in [2.75, 3.05) is 0 Å². The minimum absolute atomic E-state index is 0.0722. The van der Waals surface area contributed by atoms with E-state index in [4.69, 9.17) is 34.8 Å². The van der Waals surface area contributed by atoms with E-state index < -0.39 is 10.0 Å². The summed E-state index contributed by atoms with van der Waals surface area (Å²) in [5.74, 6) is 0. The van der Waals surface area contributed by atoms with Gasteiger partial charge < -0.3 is 0 Å². The van der Waals surface area contributed by atoms with Crippen molar-refractivity contribution >= 4 is 60.8 Å². The van der Waals surface area contributed by atoms with Crippen molar-refractivity contribution in [3.8, 4) is 0 Å². The molecule has 112 valence electrons. The Morgan fingerprint density at radius 2 is 1.60 bits per heavy atom. The Balaban J connectivity index is 2.23. The molecule has 8 heteroatoms. The summed E-state index contributed by atoms with van der Waals surface area (Å²) in [6, 6.07) is 2.90. The van der Waals surface area contributed by atoms with Gasteiger partial charge in [-0.2, -0.15) is 0 Å². The minimum Gasteiger partial charge on any atom is -0.208 e. The number of hydrogen-bond donors (Lipinski definition) is 1. The third-order valence-electron chi connectivity index (χ3n) is 3.21. The molecule has 1 aromatic rings. The van der Waals surface area contributed by atoms with Gasteiger partial charge in [-0.05, 0) is 37.8 Å². The fraction of sp³-hybridized carbons (Fsp3) is 0.500. The third-order valence-corrected chi connectivity index (χ3v) is 6.55. The van der Waals surface area contributed by atoms with Gasteiger partial charge in [-0.25, -0.2) is 13.1 Å². The lowest BCUT2D eigenvalue weighted by molar-refractivity contribution is 0.416. The van der Waals surface area contributed by atoms with Gasteiger partial charge in [-0.15, -0.1) is 11.6 Å².